The van der Waals surface area contributed by atoms with Crippen molar-refractivity contribution in [3.05, 3.63) is 16.3 Å². The van der Waals surface area contributed by atoms with Gasteiger partial charge in [0, 0.05) is 24.5 Å². The number of rotatable bonds is 8. The first-order valence-electron chi connectivity index (χ1n) is 7.56. The van der Waals surface area contributed by atoms with Crippen LogP contribution in [0.1, 0.15) is 25.1 Å². The first kappa shape index (κ1) is 16.9. The molecule has 0 aromatic carbocycles. The van der Waals surface area contributed by atoms with Gasteiger partial charge in [0.1, 0.15) is 0 Å². The zero-order valence-electron chi connectivity index (χ0n) is 12.8. The highest BCUT2D eigenvalue weighted by Gasteiger charge is 2.25. The first-order chi connectivity index (χ1) is 10.1. The minimum Gasteiger partial charge on any atom is -0.312 e. The lowest BCUT2D eigenvalue weighted by Gasteiger charge is -2.14. The summed E-state index contributed by atoms with van der Waals surface area (Å²) in [5.74, 6) is 0.426. The lowest BCUT2D eigenvalue weighted by Crippen LogP contribution is -2.31. The third kappa shape index (κ3) is 4.50. The van der Waals surface area contributed by atoms with Crippen LogP contribution in [0.2, 0.25) is 0 Å². The van der Waals surface area contributed by atoms with Crippen LogP contribution in [0.3, 0.4) is 0 Å². The van der Waals surface area contributed by atoms with Crippen molar-refractivity contribution in [2.75, 3.05) is 32.7 Å². The van der Waals surface area contributed by atoms with E-state index >= 15 is 0 Å². The number of thiophene rings is 1. The molecule has 1 aromatic heterocycles. The van der Waals surface area contributed by atoms with Gasteiger partial charge < -0.3 is 10.2 Å². The van der Waals surface area contributed by atoms with E-state index in [0.29, 0.717) is 23.9 Å². The number of hydrogen-bond donors (Lipinski definition) is 2. The zero-order valence-corrected chi connectivity index (χ0v) is 14.4. The molecule has 1 fully saturated rings. The van der Waals surface area contributed by atoms with Gasteiger partial charge in [-0.3, -0.25) is 0 Å². The first-order valence-corrected chi connectivity index (χ1v) is 9.92. The van der Waals surface area contributed by atoms with E-state index in [9.17, 15) is 8.42 Å². The molecule has 5 nitrogen and oxygen atoms in total. The molecular weight excluding hydrogens is 306 g/mol. The van der Waals surface area contributed by atoms with Crippen molar-refractivity contribution in [2.24, 2.45) is 5.92 Å². The second-order valence-electron chi connectivity index (χ2n) is 5.39. The second-order valence-corrected chi connectivity index (χ2v) is 8.12. The Hall–Kier alpha value is -0.470. The van der Waals surface area contributed by atoms with Gasteiger partial charge in [-0.15, -0.1) is 11.3 Å². The van der Waals surface area contributed by atoms with Crippen LogP contribution < -0.4 is 10.0 Å². The van der Waals surface area contributed by atoms with Gasteiger partial charge in [0.05, 0.1) is 4.90 Å². The molecular formula is C14H25N3O2S2. The van der Waals surface area contributed by atoms with E-state index in [1.807, 2.05) is 12.3 Å². The van der Waals surface area contributed by atoms with Crippen LogP contribution >= 0.6 is 11.3 Å². The van der Waals surface area contributed by atoms with E-state index in [1.54, 1.807) is 6.07 Å². The molecule has 1 unspecified atom stereocenters. The van der Waals surface area contributed by atoms with Gasteiger partial charge in [-0.05, 0) is 43.4 Å². The summed E-state index contributed by atoms with van der Waals surface area (Å²) in [5.41, 5.74) is 0. The van der Waals surface area contributed by atoms with Crippen LogP contribution in [0.15, 0.2) is 16.3 Å². The highest BCUT2D eigenvalue weighted by Crippen LogP contribution is 2.22. The molecule has 1 aliphatic rings. The Bertz CT molecular complexity index is 542. The smallest absolute Gasteiger partial charge is 0.241 e. The summed E-state index contributed by atoms with van der Waals surface area (Å²) in [6, 6.07) is 1.70. The van der Waals surface area contributed by atoms with E-state index in [-0.39, 0.29) is 0 Å². The quantitative estimate of drug-likeness (QED) is 0.757. The zero-order chi connectivity index (χ0) is 15.3. The average molecular weight is 332 g/mol. The molecule has 120 valence electrons. The topological polar surface area (TPSA) is 61.4 Å². The predicted octanol–water partition coefficient (Wildman–Crippen LogP) is 1.48. The van der Waals surface area contributed by atoms with Gasteiger partial charge in [0.25, 0.3) is 0 Å². The summed E-state index contributed by atoms with van der Waals surface area (Å²) in [7, 11) is -3.39. The van der Waals surface area contributed by atoms with Crippen molar-refractivity contribution < 1.29 is 8.42 Å². The minimum atomic E-state index is -3.39. The van der Waals surface area contributed by atoms with Crippen LogP contribution in [0.25, 0.3) is 0 Å². The van der Waals surface area contributed by atoms with Crippen molar-refractivity contribution in [1.29, 1.82) is 0 Å². The molecule has 0 bridgehead atoms. The molecule has 7 heteroatoms. The Morgan fingerprint density at radius 3 is 2.90 bits per heavy atom. The van der Waals surface area contributed by atoms with Crippen molar-refractivity contribution in [1.82, 2.24) is 14.9 Å². The van der Waals surface area contributed by atoms with Gasteiger partial charge in [-0.2, -0.15) is 0 Å². The molecule has 2 heterocycles. The molecule has 0 radical (unpaired) electrons. The van der Waals surface area contributed by atoms with E-state index in [2.05, 4.69) is 21.9 Å². The molecule has 1 aliphatic heterocycles. The highest BCUT2D eigenvalue weighted by atomic mass is 32.2. The third-order valence-electron chi connectivity index (χ3n) is 3.91. The van der Waals surface area contributed by atoms with Gasteiger partial charge in [-0.25, -0.2) is 13.1 Å². The van der Waals surface area contributed by atoms with Crippen molar-refractivity contribution in [3.8, 4) is 0 Å². The summed E-state index contributed by atoms with van der Waals surface area (Å²) in [4.78, 5) is 3.67. The van der Waals surface area contributed by atoms with Gasteiger partial charge in [0.15, 0.2) is 0 Å². The Labute approximate surface area is 131 Å². The number of nitrogens with zero attached hydrogens (tertiary/aromatic N) is 1. The lowest BCUT2D eigenvalue weighted by molar-refractivity contribution is 0.342. The summed E-state index contributed by atoms with van der Waals surface area (Å²) in [6.45, 7) is 9.25. The van der Waals surface area contributed by atoms with E-state index in [4.69, 9.17) is 0 Å². The largest absolute Gasteiger partial charge is 0.312 e. The molecule has 0 saturated carbocycles. The minimum absolute atomic E-state index is 0.426. The van der Waals surface area contributed by atoms with Crippen LogP contribution in [-0.2, 0) is 16.6 Å². The highest BCUT2D eigenvalue weighted by molar-refractivity contribution is 7.89. The Kier molecular flexibility index (Phi) is 6.19. The number of sulfonamides is 1. The van der Waals surface area contributed by atoms with Gasteiger partial charge in [-0.1, -0.05) is 13.8 Å². The second kappa shape index (κ2) is 7.69. The normalized spacial score (nSPS) is 20.2. The fourth-order valence-electron chi connectivity index (χ4n) is 2.61. The lowest BCUT2D eigenvalue weighted by atomic mass is 10.1. The maximum absolute atomic E-state index is 12.4. The Morgan fingerprint density at radius 1 is 1.43 bits per heavy atom. The fourth-order valence-corrected chi connectivity index (χ4v) is 5.14. The van der Waals surface area contributed by atoms with Gasteiger partial charge >= 0.3 is 0 Å². The summed E-state index contributed by atoms with van der Waals surface area (Å²) in [5, 5.41) is 5.03. The molecule has 21 heavy (non-hydrogen) atoms. The van der Waals surface area contributed by atoms with E-state index in [0.717, 1.165) is 37.5 Å². The molecule has 1 aromatic rings. The Balaban J connectivity index is 1.94. The van der Waals surface area contributed by atoms with Crippen molar-refractivity contribution >= 4 is 21.4 Å². The average Bonchev–Trinajstić information content (AvgIpc) is 3.12. The molecule has 1 atom stereocenters. The predicted molar refractivity (Wildman–Crippen MR) is 87.1 cm³/mol. The van der Waals surface area contributed by atoms with Crippen molar-refractivity contribution in [3.63, 3.8) is 0 Å². The number of hydrogen-bond acceptors (Lipinski definition) is 5. The standard InChI is InChI=1S/C14H25N3O2S2/c1-3-15-10-13-14(6-8-20-13)21(18,19)16-9-12-5-7-17(4-2)11-12/h6,8,12,15-16H,3-5,7,9-11H2,1-2H3. The number of likely N-dealkylation sites (tertiary alicyclic amines) is 1. The maximum atomic E-state index is 12.4. The number of nitrogens with one attached hydrogen (secondary N) is 2. The summed E-state index contributed by atoms with van der Waals surface area (Å²) >= 11 is 1.49. The summed E-state index contributed by atoms with van der Waals surface area (Å²) in [6.07, 6.45) is 1.07. The molecule has 2 N–H and O–H groups in total. The fraction of sp³-hybridized carbons (Fsp3) is 0.714. The molecule has 0 amide bonds. The van der Waals surface area contributed by atoms with Crippen LogP contribution in [0, 0.1) is 5.92 Å². The molecule has 2 rings (SSSR count). The molecule has 0 aliphatic carbocycles. The van der Waals surface area contributed by atoms with Crippen molar-refractivity contribution in [2.45, 2.75) is 31.7 Å². The van der Waals surface area contributed by atoms with Crippen LogP contribution in [-0.4, -0.2) is 46.0 Å². The third-order valence-corrected chi connectivity index (χ3v) is 6.47. The van der Waals surface area contributed by atoms with Gasteiger partial charge in [0.2, 0.25) is 10.0 Å². The SMILES string of the molecule is CCNCc1sccc1S(=O)(=O)NCC1CCN(CC)C1. The summed E-state index contributed by atoms with van der Waals surface area (Å²) < 4.78 is 27.7. The van der Waals surface area contributed by atoms with E-state index in [1.165, 1.54) is 11.3 Å². The molecule has 0 spiro atoms. The maximum Gasteiger partial charge on any atom is 0.241 e. The van der Waals surface area contributed by atoms with Crippen LogP contribution in [0.4, 0.5) is 0 Å². The molecule has 1 saturated heterocycles. The van der Waals surface area contributed by atoms with E-state index < -0.39 is 10.0 Å². The monoisotopic (exact) mass is 331 g/mol. The van der Waals surface area contributed by atoms with Crippen LogP contribution in [0.5, 0.6) is 0 Å². The Morgan fingerprint density at radius 2 is 2.24 bits per heavy atom.